The van der Waals surface area contributed by atoms with Crippen molar-refractivity contribution >= 4 is 5.78 Å². The highest BCUT2D eigenvalue weighted by Crippen LogP contribution is 2.19. The predicted octanol–water partition coefficient (Wildman–Crippen LogP) is 2.16. The van der Waals surface area contributed by atoms with E-state index in [1.54, 1.807) is 0 Å². The van der Waals surface area contributed by atoms with Crippen LogP contribution in [-0.2, 0) is 4.79 Å². The third kappa shape index (κ3) is 5.17. The Kier molecular flexibility index (Phi) is 6.75. The molecule has 1 rings (SSSR count). The van der Waals surface area contributed by atoms with Gasteiger partial charge in [-0.3, -0.25) is 9.69 Å². The molecule has 0 radical (unpaired) electrons. The van der Waals surface area contributed by atoms with Gasteiger partial charge in [-0.25, -0.2) is 0 Å². The fourth-order valence-electron chi connectivity index (χ4n) is 2.57. The molecule has 1 unspecified atom stereocenters. The van der Waals surface area contributed by atoms with Crippen LogP contribution in [0.3, 0.4) is 0 Å². The highest BCUT2D eigenvalue weighted by Gasteiger charge is 2.26. The summed E-state index contributed by atoms with van der Waals surface area (Å²) in [4.78, 5) is 16.7. The number of hydrogen-bond acceptors (Lipinski definition) is 3. The average Bonchev–Trinajstić information content (AvgIpc) is 2.49. The van der Waals surface area contributed by atoms with Gasteiger partial charge in [-0.1, -0.05) is 19.8 Å². The quantitative estimate of drug-likeness (QED) is 0.665. The maximum absolute atomic E-state index is 12.1. The van der Waals surface area contributed by atoms with E-state index in [9.17, 15) is 4.79 Å². The molecule has 0 spiro atoms. The zero-order chi connectivity index (χ0) is 12.7. The summed E-state index contributed by atoms with van der Waals surface area (Å²) in [6, 6.07) is 0.206. The smallest absolute Gasteiger partial charge is 0.149 e. The van der Waals surface area contributed by atoms with E-state index in [1.165, 1.54) is 12.8 Å². The van der Waals surface area contributed by atoms with Gasteiger partial charge in [0.05, 0.1) is 6.04 Å². The first-order valence-electron chi connectivity index (χ1n) is 7.06. The molecule has 0 N–H and O–H groups in total. The number of Topliss-reactive ketones (excluding diaryl/α,β-unsaturated/α-hetero) is 1. The standard InChI is InChI=1S/C14H28N2O/c1-4-10-16(12-11-15(2)3)13-8-6-5-7-9-14(13)17/h13H,4-12H2,1-3H3. The lowest BCUT2D eigenvalue weighted by Crippen LogP contribution is -2.44. The van der Waals surface area contributed by atoms with E-state index in [0.29, 0.717) is 5.78 Å². The molecule has 1 saturated carbocycles. The van der Waals surface area contributed by atoms with Gasteiger partial charge in [-0.05, 0) is 39.9 Å². The molecule has 0 heterocycles. The summed E-state index contributed by atoms with van der Waals surface area (Å²) in [5.41, 5.74) is 0. The Labute approximate surface area is 106 Å². The van der Waals surface area contributed by atoms with Crippen LogP contribution in [0.4, 0.5) is 0 Å². The van der Waals surface area contributed by atoms with Crippen molar-refractivity contribution in [1.82, 2.24) is 9.80 Å². The fraction of sp³-hybridized carbons (Fsp3) is 0.929. The zero-order valence-electron chi connectivity index (χ0n) is 11.7. The molecule has 17 heavy (non-hydrogen) atoms. The first-order chi connectivity index (χ1) is 8.15. The molecule has 1 atom stereocenters. The summed E-state index contributed by atoms with van der Waals surface area (Å²) >= 11 is 0. The van der Waals surface area contributed by atoms with Crippen molar-refractivity contribution in [3.8, 4) is 0 Å². The van der Waals surface area contributed by atoms with E-state index in [4.69, 9.17) is 0 Å². The lowest BCUT2D eigenvalue weighted by Gasteiger charge is -2.30. The molecule has 3 nitrogen and oxygen atoms in total. The monoisotopic (exact) mass is 240 g/mol. The molecule has 0 aromatic heterocycles. The molecule has 0 saturated heterocycles. The first kappa shape index (κ1) is 14.7. The van der Waals surface area contributed by atoms with E-state index < -0.39 is 0 Å². The Balaban J connectivity index is 2.56. The van der Waals surface area contributed by atoms with Gasteiger partial charge in [0.2, 0.25) is 0 Å². The second-order valence-corrected chi connectivity index (χ2v) is 5.42. The number of rotatable bonds is 6. The van der Waals surface area contributed by atoms with Crippen LogP contribution < -0.4 is 0 Å². The Hall–Kier alpha value is -0.410. The summed E-state index contributed by atoms with van der Waals surface area (Å²) in [6.45, 7) is 5.33. The van der Waals surface area contributed by atoms with Crippen molar-refractivity contribution in [3.05, 3.63) is 0 Å². The van der Waals surface area contributed by atoms with Gasteiger partial charge < -0.3 is 4.90 Å². The van der Waals surface area contributed by atoms with Crippen molar-refractivity contribution in [3.63, 3.8) is 0 Å². The summed E-state index contributed by atoms with van der Waals surface area (Å²) in [6.07, 6.45) is 6.56. The number of carbonyl (C=O) groups is 1. The minimum Gasteiger partial charge on any atom is -0.308 e. The molecule has 0 aromatic carbocycles. The Morgan fingerprint density at radius 3 is 2.53 bits per heavy atom. The van der Waals surface area contributed by atoms with Crippen LogP contribution in [-0.4, -0.2) is 55.4 Å². The summed E-state index contributed by atoms with van der Waals surface area (Å²) in [7, 11) is 4.19. The third-order valence-electron chi connectivity index (χ3n) is 3.56. The largest absolute Gasteiger partial charge is 0.308 e. The second-order valence-electron chi connectivity index (χ2n) is 5.42. The Morgan fingerprint density at radius 2 is 1.88 bits per heavy atom. The maximum atomic E-state index is 12.1. The molecule has 0 aromatic rings. The van der Waals surface area contributed by atoms with Crippen molar-refractivity contribution in [2.75, 3.05) is 33.7 Å². The second kappa shape index (κ2) is 7.83. The maximum Gasteiger partial charge on any atom is 0.149 e. The number of ketones is 1. The van der Waals surface area contributed by atoms with Gasteiger partial charge in [0, 0.05) is 19.5 Å². The summed E-state index contributed by atoms with van der Waals surface area (Å²) in [5.74, 6) is 0.481. The molecular formula is C14H28N2O. The number of carbonyl (C=O) groups excluding carboxylic acids is 1. The molecule has 1 fully saturated rings. The van der Waals surface area contributed by atoms with Crippen LogP contribution in [0.2, 0.25) is 0 Å². The van der Waals surface area contributed by atoms with Crippen LogP contribution >= 0.6 is 0 Å². The lowest BCUT2D eigenvalue weighted by molar-refractivity contribution is -0.124. The molecular weight excluding hydrogens is 212 g/mol. The zero-order valence-corrected chi connectivity index (χ0v) is 11.7. The minimum atomic E-state index is 0.206. The van der Waals surface area contributed by atoms with Crippen molar-refractivity contribution < 1.29 is 4.79 Å². The normalized spacial score (nSPS) is 22.2. The topological polar surface area (TPSA) is 23.6 Å². The number of hydrogen-bond donors (Lipinski definition) is 0. The predicted molar refractivity (Wildman–Crippen MR) is 72.3 cm³/mol. The van der Waals surface area contributed by atoms with E-state index >= 15 is 0 Å². The van der Waals surface area contributed by atoms with Gasteiger partial charge in [-0.15, -0.1) is 0 Å². The molecule has 0 bridgehead atoms. The summed E-state index contributed by atoms with van der Waals surface area (Å²) < 4.78 is 0. The summed E-state index contributed by atoms with van der Waals surface area (Å²) in [5, 5.41) is 0. The van der Waals surface area contributed by atoms with Crippen LogP contribution in [0.5, 0.6) is 0 Å². The van der Waals surface area contributed by atoms with Crippen molar-refractivity contribution in [2.24, 2.45) is 0 Å². The number of nitrogens with zero attached hydrogens (tertiary/aromatic N) is 2. The van der Waals surface area contributed by atoms with Gasteiger partial charge >= 0.3 is 0 Å². The molecule has 0 aliphatic heterocycles. The van der Waals surface area contributed by atoms with Crippen LogP contribution in [0.1, 0.15) is 45.4 Å². The van der Waals surface area contributed by atoms with Crippen molar-refractivity contribution in [2.45, 2.75) is 51.5 Å². The van der Waals surface area contributed by atoms with E-state index in [2.05, 4.69) is 30.8 Å². The van der Waals surface area contributed by atoms with E-state index in [0.717, 1.165) is 45.3 Å². The third-order valence-corrected chi connectivity index (χ3v) is 3.56. The van der Waals surface area contributed by atoms with Gasteiger partial charge in [0.15, 0.2) is 0 Å². The van der Waals surface area contributed by atoms with E-state index in [1.807, 2.05) is 0 Å². The van der Waals surface area contributed by atoms with Crippen LogP contribution in [0.15, 0.2) is 0 Å². The lowest BCUT2D eigenvalue weighted by atomic mass is 10.1. The highest BCUT2D eigenvalue weighted by molar-refractivity contribution is 5.84. The fourth-order valence-corrected chi connectivity index (χ4v) is 2.57. The van der Waals surface area contributed by atoms with E-state index in [-0.39, 0.29) is 6.04 Å². The number of likely N-dealkylation sites (N-methyl/N-ethyl adjacent to an activating group) is 1. The van der Waals surface area contributed by atoms with Gasteiger partial charge in [0.25, 0.3) is 0 Å². The highest BCUT2D eigenvalue weighted by atomic mass is 16.1. The molecule has 0 amide bonds. The van der Waals surface area contributed by atoms with Gasteiger partial charge in [-0.2, -0.15) is 0 Å². The molecule has 100 valence electrons. The first-order valence-corrected chi connectivity index (χ1v) is 7.06. The Morgan fingerprint density at radius 1 is 1.12 bits per heavy atom. The minimum absolute atomic E-state index is 0.206. The molecule has 3 heteroatoms. The molecule has 1 aliphatic carbocycles. The SMILES string of the molecule is CCCN(CCN(C)C)C1CCCCCC1=O. The van der Waals surface area contributed by atoms with Crippen LogP contribution in [0, 0.1) is 0 Å². The Bertz CT molecular complexity index is 228. The van der Waals surface area contributed by atoms with Crippen LogP contribution in [0.25, 0.3) is 0 Å². The molecule has 1 aliphatic rings. The van der Waals surface area contributed by atoms with Gasteiger partial charge in [0.1, 0.15) is 5.78 Å². The van der Waals surface area contributed by atoms with Crippen molar-refractivity contribution in [1.29, 1.82) is 0 Å². The average molecular weight is 240 g/mol.